The number of hydrogen-bond acceptors (Lipinski definition) is 5. The summed E-state index contributed by atoms with van der Waals surface area (Å²) in [6, 6.07) is 17.1. The average molecular weight is 623 g/mol. The van der Waals surface area contributed by atoms with Crippen LogP contribution in [-0.2, 0) is 13.7 Å². The van der Waals surface area contributed by atoms with E-state index in [9.17, 15) is 9.90 Å². The number of anilines is 1. The zero-order valence-corrected chi connectivity index (χ0v) is 24.9. The highest BCUT2D eigenvalue weighted by Crippen LogP contribution is 2.46. The molecule has 7 rings (SSSR count). The van der Waals surface area contributed by atoms with Crippen LogP contribution in [0.4, 0.5) is 5.69 Å². The first-order valence-electron chi connectivity index (χ1n) is 13.7. The summed E-state index contributed by atoms with van der Waals surface area (Å²) in [6.45, 7) is 1.82. The molecule has 3 heterocycles. The Labute approximate surface area is 257 Å². The molecular formula is C32H26Cl3N3O4. The molecule has 1 N–H and O–H groups in total. The lowest BCUT2D eigenvalue weighted by Crippen LogP contribution is -2.45. The molecule has 10 heteroatoms. The molecule has 0 amide bonds. The molecule has 1 saturated carbocycles. The Morgan fingerprint density at radius 3 is 2.48 bits per heavy atom. The molecule has 0 bridgehead atoms. The van der Waals surface area contributed by atoms with Crippen molar-refractivity contribution in [3.63, 3.8) is 0 Å². The third-order valence-electron chi connectivity index (χ3n) is 8.21. The van der Waals surface area contributed by atoms with Crippen LogP contribution in [0.1, 0.15) is 51.9 Å². The maximum atomic E-state index is 11.7. The summed E-state index contributed by atoms with van der Waals surface area (Å²) in [5, 5.41) is 16.3. The van der Waals surface area contributed by atoms with Crippen molar-refractivity contribution in [3.05, 3.63) is 98.3 Å². The summed E-state index contributed by atoms with van der Waals surface area (Å²) in [6.07, 6.45) is 3.76. The number of carbonyl (C=O) groups is 1. The Morgan fingerprint density at radius 1 is 1.02 bits per heavy atom. The van der Waals surface area contributed by atoms with E-state index in [2.05, 4.69) is 10.1 Å². The minimum Gasteiger partial charge on any atom is -0.489 e. The summed E-state index contributed by atoms with van der Waals surface area (Å²) in [7, 11) is 1.86. The van der Waals surface area contributed by atoms with Crippen LogP contribution >= 0.6 is 34.8 Å². The van der Waals surface area contributed by atoms with E-state index in [1.165, 1.54) is 0 Å². The summed E-state index contributed by atoms with van der Waals surface area (Å²) in [4.78, 5) is 13.9. The quantitative estimate of drug-likeness (QED) is 0.187. The lowest BCUT2D eigenvalue weighted by atomic mass is 9.90. The van der Waals surface area contributed by atoms with Crippen LogP contribution in [0, 0.1) is 0 Å². The molecule has 214 valence electrons. The third-order valence-corrected chi connectivity index (χ3v) is 9.17. The number of rotatable bonds is 8. The SMILES string of the molecule is Cn1cc(C(=O)O)c2cc(N3CC(c4ccc(OCc5c(-c6c(Cl)cccc6Cl)noc5C5CC5)cc4Cl)C3)ccc21. The second-order valence-electron chi connectivity index (χ2n) is 11.0. The predicted octanol–water partition coefficient (Wildman–Crippen LogP) is 8.55. The number of nitrogens with zero attached hydrogens (tertiary/aromatic N) is 3. The topological polar surface area (TPSA) is 80.7 Å². The Balaban J connectivity index is 1.06. The fraction of sp³-hybridized carbons (Fsp3) is 0.250. The molecular weight excluding hydrogens is 597 g/mol. The second-order valence-corrected chi connectivity index (χ2v) is 12.2. The van der Waals surface area contributed by atoms with Crippen molar-refractivity contribution in [2.24, 2.45) is 7.05 Å². The molecule has 42 heavy (non-hydrogen) atoms. The molecule has 1 aliphatic carbocycles. The second kappa shape index (κ2) is 10.6. The van der Waals surface area contributed by atoms with Gasteiger partial charge in [-0.2, -0.15) is 0 Å². The number of halogens is 3. The van der Waals surface area contributed by atoms with Gasteiger partial charge in [-0.05, 0) is 60.9 Å². The molecule has 5 aromatic rings. The van der Waals surface area contributed by atoms with Crippen molar-refractivity contribution in [1.29, 1.82) is 0 Å². The van der Waals surface area contributed by atoms with E-state index in [0.717, 1.165) is 59.4 Å². The number of aromatic nitrogens is 2. The van der Waals surface area contributed by atoms with Gasteiger partial charge < -0.3 is 23.8 Å². The maximum absolute atomic E-state index is 11.7. The largest absolute Gasteiger partial charge is 0.489 e. The molecule has 1 aliphatic heterocycles. The molecule has 2 aliphatic rings. The van der Waals surface area contributed by atoms with Crippen LogP contribution in [0.5, 0.6) is 5.75 Å². The van der Waals surface area contributed by atoms with E-state index in [4.69, 9.17) is 44.1 Å². The van der Waals surface area contributed by atoms with Gasteiger partial charge in [0.1, 0.15) is 23.8 Å². The minimum absolute atomic E-state index is 0.249. The first-order valence-corrected chi connectivity index (χ1v) is 14.8. The Kier molecular flexibility index (Phi) is 6.84. The molecule has 7 nitrogen and oxygen atoms in total. The molecule has 0 atom stereocenters. The fourth-order valence-corrected chi connectivity index (χ4v) is 6.67. The summed E-state index contributed by atoms with van der Waals surface area (Å²) in [5.41, 5.74) is 5.35. The average Bonchev–Trinajstić information content (AvgIpc) is 3.61. The summed E-state index contributed by atoms with van der Waals surface area (Å²) in [5.74, 6) is 1.13. The van der Waals surface area contributed by atoms with Gasteiger partial charge in [-0.15, -0.1) is 0 Å². The number of hydrogen-bond donors (Lipinski definition) is 1. The molecule has 2 aromatic heterocycles. The monoisotopic (exact) mass is 621 g/mol. The van der Waals surface area contributed by atoms with E-state index >= 15 is 0 Å². The number of fused-ring (bicyclic) bond motifs is 1. The molecule has 3 aromatic carbocycles. The first kappa shape index (κ1) is 27.2. The Morgan fingerprint density at radius 2 is 1.79 bits per heavy atom. The minimum atomic E-state index is -0.926. The first-order chi connectivity index (χ1) is 20.3. The predicted molar refractivity (Wildman–Crippen MR) is 165 cm³/mol. The van der Waals surface area contributed by atoms with Gasteiger partial charge in [-0.1, -0.05) is 52.1 Å². The van der Waals surface area contributed by atoms with Crippen LogP contribution in [-0.4, -0.2) is 33.9 Å². The van der Waals surface area contributed by atoms with Crippen molar-refractivity contribution in [2.45, 2.75) is 31.3 Å². The van der Waals surface area contributed by atoms with Crippen molar-refractivity contribution in [1.82, 2.24) is 9.72 Å². The number of aryl methyl sites for hydroxylation is 1. The van der Waals surface area contributed by atoms with E-state index in [1.54, 1.807) is 24.4 Å². The fourth-order valence-electron chi connectivity index (χ4n) is 5.77. The molecule has 0 unspecified atom stereocenters. The van der Waals surface area contributed by atoms with Crippen molar-refractivity contribution >= 4 is 57.4 Å². The number of carboxylic acid groups (broad SMARTS) is 1. The van der Waals surface area contributed by atoms with Crippen molar-refractivity contribution in [3.8, 4) is 17.0 Å². The molecule has 0 spiro atoms. The van der Waals surface area contributed by atoms with E-state index in [0.29, 0.717) is 43.6 Å². The van der Waals surface area contributed by atoms with E-state index in [-0.39, 0.29) is 12.5 Å². The zero-order valence-electron chi connectivity index (χ0n) is 22.6. The summed E-state index contributed by atoms with van der Waals surface area (Å²) < 4.78 is 13.8. The van der Waals surface area contributed by atoms with E-state index in [1.807, 2.05) is 48.0 Å². The number of ether oxygens (including phenoxy) is 1. The molecule has 2 fully saturated rings. The number of carboxylic acids is 1. The lowest BCUT2D eigenvalue weighted by Gasteiger charge is -2.41. The smallest absolute Gasteiger partial charge is 0.337 e. The van der Waals surface area contributed by atoms with Crippen LogP contribution < -0.4 is 9.64 Å². The van der Waals surface area contributed by atoms with Crippen LogP contribution in [0.2, 0.25) is 15.1 Å². The standard InChI is InChI=1S/C32H26Cl3N3O4/c1-37-15-23(32(39)40)22-11-19(7-10-28(22)37)38-13-18(14-38)21-9-8-20(12-27(21)35)41-16-24-30(36-42-31(24)17-5-6-17)29-25(33)3-2-4-26(29)34/h2-4,7-12,15,17-18H,5-6,13-14,16H2,1H3,(H,39,40). The van der Waals surface area contributed by atoms with Crippen LogP contribution in [0.15, 0.2) is 65.3 Å². The van der Waals surface area contributed by atoms with Gasteiger partial charge in [0.15, 0.2) is 0 Å². The Bertz CT molecular complexity index is 1830. The highest BCUT2D eigenvalue weighted by Gasteiger charge is 2.34. The highest BCUT2D eigenvalue weighted by molar-refractivity contribution is 6.39. The normalized spacial score (nSPS) is 15.3. The van der Waals surface area contributed by atoms with E-state index < -0.39 is 5.97 Å². The lowest BCUT2D eigenvalue weighted by molar-refractivity contribution is 0.0699. The van der Waals surface area contributed by atoms with Gasteiger partial charge in [0.05, 0.1) is 21.2 Å². The third kappa shape index (κ3) is 4.79. The van der Waals surface area contributed by atoms with Crippen LogP contribution in [0.25, 0.3) is 22.2 Å². The molecule has 1 saturated heterocycles. The van der Waals surface area contributed by atoms with Gasteiger partial charge in [-0.3, -0.25) is 0 Å². The summed E-state index contributed by atoms with van der Waals surface area (Å²) >= 11 is 19.7. The van der Waals surface area contributed by atoms with Crippen molar-refractivity contribution < 1.29 is 19.2 Å². The van der Waals surface area contributed by atoms with Gasteiger partial charge in [-0.25, -0.2) is 4.79 Å². The van der Waals surface area contributed by atoms with Gasteiger partial charge in [0, 0.05) is 65.3 Å². The zero-order chi connectivity index (χ0) is 29.1. The number of aromatic carboxylic acids is 1. The Hall–Kier alpha value is -3.65. The van der Waals surface area contributed by atoms with Gasteiger partial charge >= 0.3 is 5.97 Å². The van der Waals surface area contributed by atoms with Crippen molar-refractivity contribution in [2.75, 3.05) is 18.0 Å². The highest BCUT2D eigenvalue weighted by atomic mass is 35.5. The van der Waals surface area contributed by atoms with Crippen LogP contribution in [0.3, 0.4) is 0 Å². The maximum Gasteiger partial charge on any atom is 0.337 e. The van der Waals surface area contributed by atoms with Gasteiger partial charge in [0.2, 0.25) is 0 Å². The number of benzene rings is 3. The molecule has 0 radical (unpaired) electrons. The van der Waals surface area contributed by atoms with Gasteiger partial charge in [0.25, 0.3) is 0 Å².